The van der Waals surface area contributed by atoms with E-state index in [4.69, 9.17) is 0 Å². The molecule has 0 aromatic rings. The molecule has 1 saturated heterocycles. The van der Waals surface area contributed by atoms with E-state index in [1.54, 1.807) is 0 Å². The first-order valence-corrected chi connectivity index (χ1v) is 4.85. The van der Waals surface area contributed by atoms with Gasteiger partial charge in [0.15, 0.2) is 0 Å². The van der Waals surface area contributed by atoms with Crippen molar-refractivity contribution in [3.8, 4) is 0 Å². The van der Waals surface area contributed by atoms with Crippen LogP contribution in [0.2, 0.25) is 0 Å². The van der Waals surface area contributed by atoms with E-state index < -0.39 is 0 Å². The summed E-state index contributed by atoms with van der Waals surface area (Å²) in [6.07, 6.45) is 7.06. The van der Waals surface area contributed by atoms with E-state index in [9.17, 15) is 0 Å². The van der Waals surface area contributed by atoms with E-state index in [-0.39, 0.29) is 43.5 Å². The van der Waals surface area contributed by atoms with Crippen molar-refractivity contribution in [3.05, 3.63) is 37.4 Å². The van der Waals surface area contributed by atoms with Crippen LogP contribution in [0.4, 0.5) is 0 Å². The number of hydrogen-bond donors (Lipinski definition) is 1. The number of fused-ring (bicyclic) bond motifs is 1. The maximum Gasteiger partial charge on any atom is 0 e. The Balaban J connectivity index is 0.000000980. The van der Waals surface area contributed by atoms with Crippen LogP contribution >= 0.6 is 0 Å². The van der Waals surface area contributed by atoms with Gasteiger partial charge in [-0.1, -0.05) is 27.0 Å². The second-order valence-electron chi connectivity index (χ2n) is 4.47. The van der Waals surface area contributed by atoms with Crippen LogP contribution in [-0.2, 0) is 32.7 Å². The van der Waals surface area contributed by atoms with Gasteiger partial charge in [0.1, 0.15) is 0 Å². The minimum atomic E-state index is 0. The summed E-state index contributed by atoms with van der Waals surface area (Å²) in [6, 6.07) is 0. The van der Waals surface area contributed by atoms with Crippen molar-refractivity contribution in [2.75, 3.05) is 0 Å². The van der Waals surface area contributed by atoms with Gasteiger partial charge < -0.3 is 18.2 Å². The van der Waals surface area contributed by atoms with Gasteiger partial charge in [0.2, 0.25) is 0 Å². The first kappa shape index (κ1) is 12.5. The van der Waals surface area contributed by atoms with Crippen LogP contribution in [0.3, 0.4) is 0 Å². The number of hydrogen-bond acceptors (Lipinski definition) is 1. The molecule has 0 bridgehead atoms. The van der Waals surface area contributed by atoms with Crippen molar-refractivity contribution in [3.63, 3.8) is 0 Å². The standard InChI is InChI=1S/C12H17N.Y/c1-9-11(3)7-5-6-8-12(11,4)10(2)13-9;/h7-8,13H,1-2,5-6H2,3-4H3;/q-2;. The first-order valence-electron chi connectivity index (χ1n) is 4.85. The third kappa shape index (κ3) is 1.36. The number of allylic oxidation sites excluding steroid dienone is 2. The van der Waals surface area contributed by atoms with Crippen molar-refractivity contribution >= 4 is 0 Å². The Labute approximate surface area is 112 Å². The minimum absolute atomic E-state index is 0. The maximum atomic E-state index is 4.08. The van der Waals surface area contributed by atoms with E-state index >= 15 is 0 Å². The zero-order chi connectivity index (χ0) is 9.69. The predicted molar refractivity (Wildman–Crippen MR) is 55.5 cm³/mol. The summed E-state index contributed by atoms with van der Waals surface area (Å²) in [5.41, 5.74) is 2.33. The molecule has 0 spiro atoms. The molecule has 2 unspecified atom stereocenters. The fraction of sp³-hybridized carbons (Fsp3) is 0.500. The van der Waals surface area contributed by atoms with Crippen molar-refractivity contribution < 1.29 is 32.7 Å². The monoisotopic (exact) mass is 264 g/mol. The third-order valence-corrected chi connectivity index (χ3v) is 3.91. The second-order valence-corrected chi connectivity index (χ2v) is 4.47. The number of rotatable bonds is 0. The molecule has 0 amide bonds. The average molecular weight is 264 g/mol. The molecule has 1 saturated carbocycles. The van der Waals surface area contributed by atoms with Gasteiger partial charge in [-0.05, 0) is 11.4 Å². The minimum Gasteiger partial charge on any atom is -0.367 e. The molecule has 75 valence electrons. The number of nitrogens with one attached hydrogen (secondary N) is 1. The van der Waals surface area contributed by atoms with Crippen LogP contribution in [0.1, 0.15) is 26.7 Å². The molecule has 1 aliphatic heterocycles. The fourth-order valence-corrected chi connectivity index (χ4v) is 2.48. The normalized spacial score (nSPS) is 41.3. The Morgan fingerprint density at radius 1 is 1.07 bits per heavy atom. The molecule has 2 rings (SSSR count). The van der Waals surface area contributed by atoms with Crippen molar-refractivity contribution in [1.82, 2.24) is 5.32 Å². The van der Waals surface area contributed by atoms with E-state index in [2.05, 4.69) is 45.2 Å². The Kier molecular flexibility index (Phi) is 3.34. The van der Waals surface area contributed by atoms with Gasteiger partial charge in [0, 0.05) is 32.7 Å². The van der Waals surface area contributed by atoms with Gasteiger partial charge in [0.25, 0.3) is 0 Å². The Hall–Kier alpha value is 0.384. The van der Waals surface area contributed by atoms with E-state index in [1.165, 1.54) is 0 Å². The molecule has 1 aliphatic carbocycles. The molecule has 2 aliphatic rings. The summed E-state index contributed by atoms with van der Waals surface area (Å²) in [6.45, 7) is 12.7. The van der Waals surface area contributed by atoms with Gasteiger partial charge in [-0.15, -0.1) is 10.8 Å². The molecule has 1 radical (unpaired) electrons. The third-order valence-electron chi connectivity index (χ3n) is 3.91. The molecule has 0 aromatic heterocycles. The molecular weight excluding hydrogens is 247 g/mol. The molecule has 1 N–H and O–H groups in total. The largest absolute Gasteiger partial charge is 0.367 e. The van der Waals surface area contributed by atoms with Gasteiger partial charge in [-0.25, -0.2) is 12.8 Å². The summed E-state index contributed by atoms with van der Waals surface area (Å²) in [4.78, 5) is 0. The van der Waals surface area contributed by atoms with Gasteiger partial charge >= 0.3 is 0 Å². The molecular formula is C12H17NY-2. The Morgan fingerprint density at radius 3 is 1.79 bits per heavy atom. The van der Waals surface area contributed by atoms with Crippen molar-refractivity contribution in [2.45, 2.75) is 26.7 Å². The van der Waals surface area contributed by atoms with Crippen molar-refractivity contribution in [1.29, 1.82) is 0 Å². The van der Waals surface area contributed by atoms with Gasteiger partial charge in [-0.2, -0.15) is 0 Å². The zero-order valence-electron chi connectivity index (χ0n) is 9.06. The van der Waals surface area contributed by atoms with E-state index in [1.807, 2.05) is 0 Å². The maximum absolute atomic E-state index is 4.08. The van der Waals surface area contributed by atoms with Crippen LogP contribution in [0, 0.1) is 23.7 Å². The summed E-state index contributed by atoms with van der Waals surface area (Å²) in [5, 5.41) is 3.29. The Bertz CT molecular complexity index is 256. The van der Waals surface area contributed by atoms with Crippen LogP contribution in [0.15, 0.2) is 24.6 Å². The molecule has 1 nitrogen and oxygen atoms in total. The fourth-order valence-electron chi connectivity index (χ4n) is 2.48. The average Bonchev–Trinajstić information content (AvgIpc) is 2.25. The second kappa shape index (κ2) is 3.75. The molecule has 0 aromatic carbocycles. The predicted octanol–water partition coefficient (Wildman–Crippen LogP) is 2.83. The summed E-state index contributed by atoms with van der Waals surface area (Å²) < 4.78 is 0. The smallest absolute Gasteiger partial charge is 0 e. The summed E-state index contributed by atoms with van der Waals surface area (Å²) in [7, 11) is 0. The first-order chi connectivity index (χ1) is 6.01. The molecule has 1 heterocycles. The molecule has 2 heteroatoms. The van der Waals surface area contributed by atoms with E-state index in [0.29, 0.717) is 0 Å². The van der Waals surface area contributed by atoms with Gasteiger partial charge in [0.05, 0.1) is 0 Å². The topological polar surface area (TPSA) is 12.0 Å². The van der Waals surface area contributed by atoms with Crippen LogP contribution in [0.5, 0.6) is 0 Å². The summed E-state index contributed by atoms with van der Waals surface area (Å²) >= 11 is 0. The molecule has 14 heavy (non-hydrogen) atoms. The quantitative estimate of drug-likeness (QED) is 0.663. The van der Waals surface area contributed by atoms with Gasteiger partial charge in [-0.3, -0.25) is 0 Å². The SMILES string of the molecule is C=C1NC(=C)C2(C)[CH-]CC[CH-]C12C.[Y]. The van der Waals surface area contributed by atoms with Crippen LogP contribution in [-0.4, -0.2) is 0 Å². The Morgan fingerprint density at radius 2 is 1.43 bits per heavy atom. The summed E-state index contributed by atoms with van der Waals surface area (Å²) in [5.74, 6) is 0. The molecule has 2 fully saturated rings. The van der Waals surface area contributed by atoms with Crippen molar-refractivity contribution in [2.24, 2.45) is 10.8 Å². The van der Waals surface area contributed by atoms with E-state index in [0.717, 1.165) is 24.2 Å². The van der Waals surface area contributed by atoms with Crippen LogP contribution < -0.4 is 5.32 Å². The zero-order valence-corrected chi connectivity index (χ0v) is 11.9. The molecule has 2 atom stereocenters. The van der Waals surface area contributed by atoms with Crippen LogP contribution in [0.25, 0.3) is 0 Å².